The van der Waals surface area contributed by atoms with Gasteiger partial charge < -0.3 is 0 Å². The van der Waals surface area contributed by atoms with Gasteiger partial charge in [0.05, 0.1) is 6.20 Å². The molecule has 0 radical (unpaired) electrons. The van der Waals surface area contributed by atoms with Crippen molar-refractivity contribution in [2.75, 3.05) is 0 Å². The zero-order chi connectivity index (χ0) is 11.8. The largest absolute Gasteiger partial charge is 0.278 e. The molecule has 0 fully saturated rings. The van der Waals surface area contributed by atoms with Gasteiger partial charge in [0, 0.05) is 0 Å². The number of aromatic amines is 1. The molecule has 8 nitrogen and oxygen atoms in total. The van der Waals surface area contributed by atoms with E-state index in [2.05, 4.69) is 30.7 Å². The smallest absolute Gasteiger partial charge is 0.267 e. The molecule has 0 aliphatic carbocycles. The molecule has 0 aliphatic rings. The fourth-order valence-electron chi connectivity index (χ4n) is 1.37. The average Bonchev–Trinajstić information content (AvgIpc) is 2.75. The number of H-pyrrole nitrogens is 1. The summed E-state index contributed by atoms with van der Waals surface area (Å²) >= 11 is 5.63. The van der Waals surface area contributed by atoms with Crippen LogP contribution in [-0.4, -0.2) is 35.4 Å². The van der Waals surface area contributed by atoms with Crippen LogP contribution in [0.5, 0.6) is 0 Å². The molecule has 3 aromatic heterocycles. The van der Waals surface area contributed by atoms with Crippen molar-refractivity contribution in [2.24, 2.45) is 0 Å². The van der Waals surface area contributed by atoms with E-state index < -0.39 is 0 Å². The van der Waals surface area contributed by atoms with Crippen LogP contribution < -0.4 is 5.56 Å². The summed E-state index contributed by atoms with van der Waals surface area (Å²) in [5, 5.41) is 21.6. The van der Waals surface area contributed by atoms with E-state index in [0.29, 0.717) is 16.9 Å². The summed E-state index contributed by atoms with van der Waals surface area (Å²) in [6.45, 7) is 0. The number of hydrogen-bond donors (Lipinski definition) is 1. The summed E-state index contributed by atoms with van der Waals surface area (Å²) in [5.74, 6) is 0.407. The lowest BCUT2D eigenvalue weighted by molar-refractivity contribution is 0.798. The number of rotatable bonds is 1. The third kappa shape index (κ3) is 1.54. The molecule has 3 aromatic rings. The molecule has 0 aliphatic heterocycles. The number of aromatic nitrogens is 7. The minimum Gasteiger partial charge on any atom is -0.267 e. The summed E-state index contributed by atoms with van der Waals surface area (Å²) in [6.07, 6.45) is 1.39. The van der Waals surface area contributed by atoms with Crippen molar-refractivity contribution in [3.63, 3.8) is 0 Å². The second-order valence-electron chi connectivity index (χ2n) is 3.15. The van der Waals surface area contributed by atoms with Crippen LogP contribution >= 0.6 is 11.6 Å². The lowest BCUT2D eigenvalue weighted by atomic mass is 10.4. The van der Waals surface area contributed by atoms with E-state index >= 15 is 0 Å². The van der Waals surface area contributed by atoms with Gasteiger partial charge in [0.25, 0.3) is 5.56 Å². The third-order valence-electron chi connectivity index (χ3n) is 2.12. The van der Waals surface area contributed by atoms with Crippen LogP contribution in [-0.2, 0) is 0 Å². The molecule has 0 unspecified atom stereocenters. The SMILES string of the molecule is O=c1[nH]nnc2c1cnn2-c1ccc(Cl)nn1. The normalized spacial score (nSPS) is 10.9. The summed E-state index contributed by atoms with van der Waals surface area (Å²) in [6, 6.07) is 3.18. The van der Waals surface area contributed by atoms with Gasteiger partial charge >= 0.3 is 0 Å². The van der Waals surface area contributed by atoms with Gasteiger partial charge in [0.1, 0.15) is 5.39 Å². The standard InChI is InChI=1S/C8H4ClN7O/c9-5-1-2-6(12-11-5)16-7-4(3-10-16)8(17)14-15-13-7/h1-3H,(H,13,14,17). The Morgan fingerprint density at radius 2 is 2.12 bits per heavy atom. The second-order valence-corrected chi connectivity index (χ2v) is 3.54. The van der Waals surface area contributed by atoms with Crippen molar-refractivity contribution in [1.29, 1.82) is 0 Å². The summed E-state index contributed by atoms with van der Waals surface area (Å²) < 4.78 is 1.36. The molecule has 84 valence electrons. The quantitative estimate of drug-likeness (QED) is 0.648. The van der Waals surface area contributed by atoms with Gasteiger partial charge in [-0.2, -0.15) is 9.78 Å². The fourth-order valence-corrected chi connectivity index (χ4v) is 1.47. The second kappa shape index (κ2) is 3.59. The Balaban J connectivity index is 2.28. The highest BCUT2D eigenvalue weighted by atomic mass is 35.5. The van der Waals surface area contributed by atoms with Crippen LogP contribution in [0.4, 0.5) is 0 Å². The summed E-state index contributed by atoms with van der Waals surface area (Å²) in [4.78, 5) is 11.4. The molecule has 0 saturated heterocycles. The van der Waals surface area contributed by atoms with E-state index in [1.807, 2.05) is 0 Å². The molecule has 0 bridgehead atoms. The van der Waals surface area contributed by atoms with Gasteiger partial charge in [0.15, 0.2) is 16.6 Å². The Morgan fingerprint density at radius 1 is 1.24 bits per heavy atom. The average molecular weight is 250 g/mol. The summed E-state index contributed by atoms with van der Waals surface area (Å²) in [5.41, 5.74) is -0.0476. The predicted octanol–water partition coefficient (Wildman–Crippen LogP) is -0.0528. The predicted molar refractivity (Wildman–Crippen MR) is 57.9 cm³/mol. The van der Waals surface area contributed by atoms with Crippen LogP contribution in [0.2, 0.25) is 5.15 Å². The monoisotopic (exact) mass is 249 g/mol. The first-order valence-electron chi connectivity index (χ1n) is 4.54. The van der Waals surface area contributed by atoms with Crippen molar-refractivity contribution >= 4 is 22.6 Å². The van der Waals surface area contributed by atoms with Crippen molar-refractivity contribution < 1.29 is 0 Å². The lowest BCUT2D eigenvalue weighted by Gasteiger charge is -1.98. The first-order valence-corrected chi connectivity index (χ1v) is 4.92. The van der Waals surface area contributed by atoms with Crippen molar-refractivity contribution in [1.82, 2.24) is 35.4 Å². The highest BCUT2D eigenvalue weighted by Crippen LogP contribution is 2.11. The molecule has 0 amide bonds. The van der Waals surface area contributed by atoms with Gasteiger partial charge in [-0.3, -0.25) is 4.79 Å². The van der Waals surface area contributed by atoms with E-state index in [0.717, 1.165) is 0 Å². The molecule has 3 heterocycles. The molecular formula is C8H4ClN7O. The van der Waals surface area contributed by atoms with Crippen LogP contribution in [0, 0.1) is 0 Å². The van der Waals surface area contributed by atoms with Gasteiger partial charge in [-0.25, -0.2) is 5.10 Å². The van der Waals surface area contributed by atoms with E-state index in [-0.39, 0.29) is 10.7 Å². The number of nitrogens with zero attached hydrogens (tertiary/aromatic N) is 6. The number of fused-ring (bicyclic) bond motifs is 1. The Kier molecular flexibility index (Phi) is 2.08. The van der Waals surface area contributed by atoms with Crippen molar-refractivity contribution in [3.8, 4) is 5.82 Å². The Bertz CT molecular complexity index is 731. The molecule has 3 rings (SSSR count). The minimum atomic E-state index is -0.358. The maximum absolute atomic E-state index is 11.4. The van der Waals surface area contributed by atoms with Crippen molar-refractivity contribution in [2.45, 2.75) is 0 Å². The van der Waals surface area contributed by atoms with Crippen LogP contribution in [0.25, 0.3) is 16.9 Å². The van der Waals surface area contributed by atoms with Crippen LogP contribution in [0.1, 0.15) is 0 Å². The lowest BCUT2D eigenvalue weighted by Crippen LogP contribution is -2.10. The molecule has 0 atom stereocenters. The molecule has 9 heteroatoms. The highest BCUT2D eigenvalue weighted by Gasteiger charge is 2.10. The Morgan fingerprint density at radius 3 is 2.88 bits per heavy atom. The molecule has 0 aromatic carbocycles. The third-order valence-corrected chi connectivity index (χ3v) is 2.32. The van der Waals surface area contributed by atoms with E-state index in [4.69, 9.17) is 11.6 Å². The van der Waals surface area contributed by atoms with E-state index in [9.17, 15) is 4.79 Å². The van der Waals surface area contributed by atoms with E-state index in [1.54, 1.807) is 12.1 Å². The number of hydrogen-bond acceptors (Lipinski definition) is 6. The number of halogens is 1. The molecule has 1 N–H and O–H groups in total. The maximum Gasteiger partial charge on any atom is 0.278 e. The molecular weight excluding hydrogens is 246 g/mol. The number of nitrogens with one attached hydrogen (secondary N) is 1. The highest BCUT2D eigenvalue weighted by molar-refractivity contribution is 6.29. The van der Waals surface area contributed by atoms with Gasteiger partial charge in [-0.1, -0.05) is 16.8 Å². The van der Waals surface area contributed by atoms with Crippen LogP contribution in [0.15, 0.2) is 23.1 Å². The van der Waals surface area contributed by atoms with Crippen LogP contribution in [0.3, 0.4) is 0 Å². The zero-order valence-electron chi connectivity index (χ0n) is 8.20. The van der Waals surface area contributed by atoms with Gasteiger partial charge in [0.2, 0.25) is 0 Å². The fraction of sp³-hybridized carbons (Fsp3) is 0. The molecule has 0 saturated carbocycles. The minimum absolute atomic E-state index is 0.272. The Labute approximate surface area is 98.2 Å². The van der Waals surface area contributed by atoms with Crippen molar-refractivity contribution in [3.05, 3.63) is 33.8 Å². The maximum atomic E-state index is 11.4. The molecule has 0 spiro atoms. The summed E-state index contributed by atoms with van der Waals surface area (Å²) in [7, 11) is 0. The first-order chi connectivity index (χ1) is 8.25. The Hall–Kier alpha value is -2.35. The van der Waals surface area contributed by atoms with E-state index in [1.165, 1.54) is 10.9 Å². The first kappa shape index (κ1) is 9.85. The van der Waals surface area contributed by atoms with Gasteiger partial charge in [-0.05, 0) is 12.1 Å². The zero-order valence-corrected chi connectivity index (χ0v) is 8.96. The topological polar surface area (TPSA) is 102 Å². The van der Waals surface area contributed by atoms with Gasteiger partial charge in [-0.15, -0.1) is 15.3 Å². The molecule has 17 heavy (non-hydrogen) atoms.